The van der Waals surface area contributed by atoms with Gasteiger partial charge in [0, 0.05) is 62.7 Å². The van der Waals surface area contributed by atoms with E-state index in [2.05, 4.69) is 27.1 Å². The van der Waals surface area contributed by atoms with E-state index in [-0.39, 0.29) is 5.91 Å². The first-order valence-corrected chi connectivity index (χ1v) is 10.6. The molecule has 2 saturated heterocycles. The van der Waals surface area contributed by atoms with E-state index in [9.17, 15) is 4.79 Å². The first-order chi connectivity index (χ1) is 13.6. The summed E-state index contributed by atoms with van der Waals surface area (Å²) in [5, 5.41) is 9.38. The van der Waals surface area contributed by atoms with Gasteiger partial charge in [-0.05, 0) is 19.2 Å². The molecule has 2 fully saturated rings. The van der Waals surface area contributed by atoms with Gasteiger partial charge in [-0.25, -0.2) is 0 Å². The Balaban J connectivity index is 1.33. The number of ether oxygens (including phenoxy) is 1. The number of fused-ring (bicyclic) bond motifs is 3. The summed E-state index contributed by atoms with van der Waals surface area (Å²) in [6, 6.07) is 4.13. The number of carbonyl (C=O) groups excluding carboxylic acids is 1. The Bertz CT molecular complexity index is 814. The third-order valence-corrected chi connectivity index (χ3v) is 6.44. The molecule has 0 radical (unpaired) electrons. The van der Waals surface area contributed by atoms with Crippen molar-refractivity contribution in [3.05, 3.63) is 24.5 Å². The van der Waals surface area contributed by atoms with Crippen LogP contribution >= 0.6 is 11.8 Å². The second kappa shape index (κ2) is 8.59. The molecule has 8 nitrogen and oxygen atoms in total. The Morgan fingerprint density at radius 2 is 2.00 bits per heavy atom. The zero-order valence-corrected chi connectivity index (χ0v) is 17.1. The smallest absolute Gasteiger partial charge is 0.223 e. The van der Waals surface area contributed by atoms with Gasteiger partial charge in [0.1, 0.15) is 0 Å². The van der Waals surface area contributed by atoms with Crippen molar-refractivity contribution in [1.82, 2.24) is 29.5 Å². The van der Waals surface area contributed by atoms with Crippen molar-refractivity contribution in [2.45, 2.75) is 17.6 Å². The van der Waals surface area contributed by atoms with E-state index in [0.717, 1.165) is 42.8 Å². The van der Waals surface area contributed by atoms with Crippen molar-refractivity contribution in [2.24, 2.45) is 13.0 Å². The predicted molar refractivity (Wildman–Crippen MR) is 107 cm³/mol. The van der Waals surface area contributed by atoms with E-state index in [1.807, 2.05) is 28.6 Å². The number of nitrogens with zero attached hydrogens (tertiary/aromatic N) is 6. The quantitative estimate of drug-likeness (QED) is 0.695. The third-order valence-electron chi connectivity index (χ3n) is 5.42. The zero-order chi connectivity index (χ0) is 19.5. The summed E-state index contributed by atoms with van der Waals surface area (Å²) in [6.45, 7) is 4.01. The number of rotatable bonds is 5. The lowest BCUT2D eigenvalue weighted by Gasteiger charge is -2.29. The minimum atomic E-state index is 0.219. The molecule has 0 spiro atoms. The molecule has 0 N–H and O–H groups in total. The van der Waals surface area contributed by atoms with Crippen LogP contribution in [0, 0.1) is 5.92 Å². The van der Waals surface area contributed by atoms with Gasteiger partial charge in [0.05, 0.1) is 19.3 Å². The Morgan fingerprint density at radius 1 is 1.18 bits per heavy atom. The van der Waals surface area contributed by atoms with E-state index >= 15 is 0 Å². The number of hydrogen-bond donors (Lipinski definition) is 0. The lowest BCUT2D eigenvalue weighted by atomic mass is 10.1. The fraction of sp³-hybridized carbons (Fsp3) is 0.579. The van der Waals surface area contributed by atoms with Crippen LogP contribution in [0.15, 0.2) is 29.7 Å². The van der Waals surface area contributed by atoms with Gasteiger partial charge in [0.2, 0.25) is 5.91 Å². The second-order valence-corrected chi connectivity index (χ2v) is 8.56. The van der Waals surface area contributed by atoms with Gasteiger partial charge in [0.15, 0.2) is 11.0 Å². The Hall–Kier alpha value is -1.97. The molecule has 28 heavy (non-hydrogen) atoms. The lowest BCUT2D eigenvalue weighted by molar-refractivity contribution is -0.132. The zero-order valence-electron chi connectivity index (χ0n) is 16.3. The maximum Gasteiger partial charge on any atom is 0.223 e. The molecule has 4 rings (SSSR count). The van der Waals surface area contributed by atoms with Gasteiger partial charge in [-0.2, -0.15) is 0 Å². The molecule has 0 aliphatic carbocycles. The minimum absolute atomic E-state index is 0.219. The van der Waals surface area contributed by atoms with E-state index in [1.165, 1.54) is 0 Å². The summed E-state index contributed by atoms with van der Waals surface area (Å²) in [6.07, 6.45) is 4.00. The van der Waals surface area contributed by atoms with Crippen LogP contribution in [0.3, 0.4) is 0 Å². The number of pyridine rings is 1. The van der Waals surface area contributed by atoms with Gasteiger partial charge in [0.25, 0.3) is 0 Å². The van der Waals surface area contributed by atoms with E-state index < -0.39 is 0 Å². The first kappa shape index (κ1) is 19.4. The average molecular weight is 403 g/mol. The van der Waals surface area contributed by atoms with Crippen LogP contribution < -0.4 is 0 Å². The summed E-state index contributed by atoms with van der Waals surface area (Å²) in [5.41, 5.74) is 0.982. The number of amides is 1. The number of hydrogen-bond acceptors (Lipinski definition) is 7. The van der Waals surface area contributed by atoms with Crippen LogP contribution in [0.4, 0.5) is 0 Å². The maximum atomic E-state index is 12.8. The van der Waals surface area contributed by atoms with Gasteiger partial charge in [-0.1, -0.05) is 11.8 Å². The van der Waals surface area contributed by atoms with Crippen molar-refractivity contribution in [1.29, 1.82) is 0 Å². The largest absolute Gasteiger partial charge is 0.379 e. The molecule has 9 heteroatoms. The molecule has 2 bridgehead atoms. The van der Waals surface area contributed by atoms with Gasteiger partial charge in [-0.15, -0.1) is 10.2 Å². The molecular weight excluding hydrogens is 376 g/mol. The lowest BCUT2D eigenvalue weighted by Crippen LogP contribution is -2.44. The number of thioether (sulfide) groups is 1. The van der Waals surface area contributed by atoms with E-state index in [1.54, 1.807) is 24.2 Å². The summed E-state index contributed by atoms with van der Waals surface area (Å²) in [4.78, 5) is 21.2. The van der Waals surface area contributed by atoms with Crippen LogP contribution in [0.5, 0.6) is 0 Å². The SMILES string of the molecule is CN1C[C@H]2COC[C@@H]1CN(C(=O)CCSc1nnc(-c3ccncc3)n1C)C2. The van der Waals surface area contributed by atoms with Crippen molar-refractivity contribution in [2.75, 3.05) is 45.6 Å². The topological polar surface area (TPSA) is 76.4 Å². The van der Waals surface area contributed by atoms with Gasteiger partial charge < -0.3 is 14.2 Å². The third kappa shape index (κ3) is 4.21. The molecule has 2 aromatic rings. The van der Waals surface area contributed by atoms with Gasteiger partial charge >= 0.3 is 0 Å². The molecular formula is C19H26N6O2S. The minimum Gasteiger partial charge on any atom is -0.379 e. The summed E-state index contributed by atoms with van der Waals surface area (Å²) >= 11 is 1.57. The second-order valence-electron chi connectivity index (χ2n) is 7.50. The van der Waals surface area contributed by atoms with Crippen LogP contribution in [0.2, 0.25) is 0 Å². The number of carbonyl (C=O) groups is 1. The fourth-order valence-electron chi connectivity index (χ4n) is 3.83. The molecule has 0 aromatic carbocycles. The highest BCUT2D eigenvalue weighted by atomic mass is 32.2. The average Bonchev–Trinajstić information content (AvgIpc) is 2.84. The van der Waals surface area contributed by atoms with Crippen LogP contribution in [0.25, 0.3) is 11.4 Å². The first-order valence-electron chi connectivity index (χ1n) is 9.60. The molecule has 150 valence electrons. The maximum absolute atomic E-state index is 12.8. The van der Waals surface area contributed by atoms with Crippen LogP contribution in [0.1, 0.15) is 6.42 Å². The molecule has 1 amide bonds. The van der Waals surface area contributed by atoms with Crippen LogP contribution in [-0.4, -0.2) is 87.1 Å². The highest BCUT2D eigenvalue weighted by molar-refractivity contribution is 7.99. The van der Waals surface area contributed by atoms with Crippen molar-refractivity contribution in [3.63, 3.8) is 0 Å². The number of likely N-dealkylation sites (N-methyl/N-ethyl adjacent to an activating group) is 1. The van der Waals surface area contributed by atoms with Crippen molar-refractivity contribution in [3.8, 4) is 11.4 Å². The van der Waals surface area contributed by atoms with E-state index in [0.29, 0.717) is 30.7 Å². The molecule has 2 aromatic heterocycles. The van der Waals surface area contributed by atoms with Crippen molar-refractivity contribution >= 4 is 17.7 Å². The van der Waals surface area contributed by atoms with Crippen LogP contribution in [-0.2, 0) is 16.6 Å². The Morgan fingerprint density at radius 3 is 2.82 bits per heavy atom. The Labute approximate surface area is 169 Å². The normalized spacial score (nSPS) is 22.9. The monoisotopic (exact) mass is 402 g/mol. The highest BCUT2D eigenvalue weighted by Crippen LogP contribution is 2.23. The molecule has 2 aliphatic heterocycles. The molecule has 0 unspecified atom stereocenters. The predicted octanol–water partition coefficient (Wildman–Crippen LogP) is 1.15. The summed E-state index contributed by atoms with van der Waals surface area (Å²) in [5.74, 6) is 2.12. The molecule has 0 saturated carbocycles. The summed E-state index contributed by atoms with van der Waals surface area (Å²) < 4.78 is 7.71. The number of aromatic nitrogens is 4. The van der Waals surface area contributed by atoms with E-state index in [4.69, 9.17) is 4.74 Å². The molecule has 2 atom stereocenters. The summed E-state index contributed by atoms with van der Waals surface area (Å²) in [7, 11) is 4.08. The standard InChI is InChI=1S/C19H26N6O2S/c1-23-9-14-10-25(11-16(23)13-27-12-14)17(26)5-8-28-19-22-21-18(24(19)2)15-3-6-20-7-4-15/h3-4,6-7,14,16H,5,8-13H2,1-2H3/t14-,16+/m1/s1. The highest BCUT2D eigenvalue weighted by Gasteiger charge is 2.33. The van der Waals surface area contributed by atoms with Gasteiger partial charge in [-0.3, -0.25) is 14.7 Å². The molecule has 4 heterocycles. The Kier molecular flexibility index (Phi) is 5.93. The fourth-order valence-corrected chi connectivity index (χ4v) is 4.67. The van der Waals surface area contributed by atoms with Crippen molar-refractivity contribution < 1.29 is 9.53 Å². The molecule has 2 aliphatic rings.